The molecule has 0 aliphatic carbocycles. The Morgan fingerprint density at radius 2 is 1.95 bits per heavy atom. The second kappa shape index (κ2) is 8.58. The summed E-state index contributed by atoms with van der Waals surface area (Å²) in [5.74, 6) is -0.457. The highest BCUT2D eigenvalue weighted by Crippen LogP contribution is 2.13. The van der Waals surface area contributed by atoms with Gasteiger partial charge in [-0.15, -0.1) is 11.8 Å². The van der Waals surface area contributed by atoms with Crippen molar-refractivity contribution >= 4 is 23.6 Å². The SMILES string of the molecule is CCOC(=O)CSCC(=O)NC(C)c1ccc(F)cc1. The Balaban J connectivity index is 2.31. The van der Waals surface area contributed by atoms with Crippen LogP contribution in [0.3, 0.4) is 0 Å². The number of hydrogen-bond donors (Lipinski definition) is 1. The van der Waals surface area contributed by atoms with E-state index >= 15 is 0 Å². The van der Waals surface area contributed by atoms with Gasteiger partial charge in [0.05, 0.1) is 24.2 Å². The first-order chi connectivity index (χ1) is 9.52. The van der Waals surface area contributed by atoms with Gasteiger partial charge in [-0.3, -0.25) is 9.59 Å². The number of amides is 1. The molecule has 1 rings (SSSR count). The van der Waals surface area contributed by atoms with Gasteiger partial charge in [-0.2, -0.15) is 0 Å². The molecule has 1 unspecified atom stereocenters. The molecular formula is C14H18FNO3S. The van der Waals surface area contributed by atoms with Crippen LogP contribution in [0.1, 0.15) is 25.5 Å². The van der Waals surface area contributed by atoms with Crippen LogP contribution in [0.25, 0.3) is 0 Å². The Hall–Kier alpha value is -1.56. The fraction of sp³-hybridized carbons (Fsp3) is 0.429. The summed E-state index contributed by atoms with van der Waals surface area (Å²) in [5.41, 5.74) is 0.829. The van der Waals surface area contributed by atoms with E-state index < -0.39 is 0 Å². The highest BCUT2D eigenvalue weighted by molar-refractivity contribution is 8.00. The lowest BCUT2D eigenvalue weighted by Crippen LogP contribution is -2.28. The number of carbonyl (C=O) groups is 2. The van der Waals surface area contributed by atoms with Crippen LogP contribution in [-0.4, -0.2) is 30.0 Å². The van der Waals surface area contributed by atoms with Crippen LogP contribution < -0.4 is 5.32 Å². The molecule has 0 aliphatic heterocycles. The molecule has 0 saturated carbocycles. The standard InChI is InChI=1S/C14H18FNO3S/c1-3-19-14(18)9-20-8-13(17)16-10(2)11-4-6-12(15)7-5-11/h4-7,10H,3,8-9H2,1-2H3,(H,16,17). The molecule has 1 aromatic rings. The average Bonchev–Trinajstić information content (AvgIpc) is 2.39. The summed E-state index contributed by atoms with van der Waals surface area (Å²) in [7, 11) is 0. The highest BCUT2D eigenvalue weighted by atomic mass is 32.2. The van der Waals surface area contributed by atoms with Crippen molar-refractivity contribution in [3.05, 3.63) is 35.6 Å². The van der Waals surface area contributed by atoms with E-state index in [1.54, 1.807) is 19.1 Å². The predicted octanol–water partition coefficient (Wildman–Crippen LogP) is 2.30. The molecule has 0 aromatic heterocycles. The number of halogens is 1. The maximum atomic E-state index is 12.8. The van der Waals surface area contributed by atoms with Gasteiger partial charge in [0.15, 0.2) is 0 Å². The molecule has 1 amide bonds. The Labute approximate surface area is 122 Å². The summed E-state index contributed by atoms with van der Waals surface area (Å²) in [6.07, 6.45) is 0. The van der Waals surface area contributed by atoms with Crippen LogP contribution >= 0.6 is 11.8 Å². The molecule has 0 spiro atoms. The van der Waals surface area contributed by atoms with Crippen LogP contribution in [0.4, 0.5) is 4.39 Å². The fourth-order valence-corrected chi connectivity index (χ4v) is 2.17. The van der Waals surface area contributed by atoms with Crippen LogP contribution in [0.15, 0.2) is 24.3 Å². The topological polar surface area (TPSA) is 55.4 Å². The first-order valence-electron chi connectivity index (χ1n) is 6.31. The molecule has 0 fully saturated rings. The summed E-state index contributed by atoms with van der Waals surface area (Å²) < 4.78 is 17.5. The molecule has 0 heterocycles. The van der Waals surface area contributed by atoms with Crippen LogP contribution in [0.5, 0.6) is 0 Å². The number of rotatable bonds is 7. The third kappa shape index (κ3) is 6.06. The summed E-state index contributed by atoms with van der Waals surface area (Å²) in [6.45, 7) is 3.90. The van der Waals surface area contributed by atoms with Crippen molar-refractivity contribution in [3.8, 4) is 0 Å². The second-order valence-corrected chi connectivity index (χ2v) is 5.12. The van der Waals surface area contributed by atoms with Gasteiger partial charge in [0.25, 0.3) is 0 Å². The first-order valence-corrected chi connectivity index (χ1v) is 7.46. The zero-order chi connectivity index (χ0) is 15.0. The quantitative estimate of drug-likeness (QED) is 0.785. The van der Waals surface area contributed by atoms with Gasteiger partial charge in [0.2, 0.25) is 5.91 Å². The number of hydrogen-bond acceptors (Lipinski definition) is 4. The zero-order valence-corrected chi connectivity index (χ0v) is 12.3. The van der Waals surface area contributed by atoms with E-state index in [4.69, 9.17) is 4.74 Å². The molecule has 0 aliphatic rings. The Morgan fingerprint density at radius 3 is 2.55 bits per heavy atom. The molecule has 0 radical (unpaired) electrons. The monoisotopic (exact) mass is 299 g/mol. The molecule has 20 heavy (non-hydrogen) atoms. The minimum Gasteiger partial charge on any atom is -0.465 e. The minimum absolute atomic E-state index is 0.159. The van der Waals surface area contributed by atoms with Gasteiger partial charge >= 0.3 is 5.97 Å². The van der Waals surface area contributed by atoms with Crippen molar-refractivity contribution in [2.75, 3.05) is 18.1 Å². The third-order valence-electron chi connectivity index (χ3n) is 2.51. The van der Waals surface area contributed by atoms with Crippen molar-refractivity contribution in [2.45, 2.75) is 19.9 Å². The van der Waals surface area contributed by atoms with Gasteiger partial charge in [-0.25, -0.2) is 4.39 Å². The normalized spacial score (nSPS) is 11.8. The van der Waals surface area contributed by atoms with E-state index in [1.165, 1.54) is 23.9 Å². The average molecular weight is 299 g/mol. The molecule has 1 N–H and O–H groups in total. The van der Waals surface area contributed by atoms with Gasteiger partial charge < -0.3 is 10.1 Å². The summed E-state index contributed by atoms with van der Waals surface area (Å²) >= 11 is 1.20. The smallest absolute Gasteiger partial charge is 0.315 e. The summed E-state index contributed by atoms with van der Waals surface area (Å²) in [5, 5.41) is 2.79. The number of nitrogens with one attached hydrogen (secondary N) is 1. The van der Waals surface area contributed by atoms with Crippen molar-refractivity contribution in [1.29, 1.82) is 0 Å². The molecule has 6 heteroatoms. The molecule has 4 nitrogen and oxygen atoms in total. The lowest BCUT2D eigenvalue weighted by atomic mass is 10.1. The van der Waals surface area contributed by atoms with Gasteiger partial charge in [0.1, 0.15) is 5.82 Å². The van der Waals surface area contributed by atoms with E-state index in [0.717, 1.165) is 5.56 Å². The number of benzene rings is 1. The maximum absolute atomic E-state index is 12.8. The molecule has 0 saturated heterocycles. The lowest BCUT2D eigenvalue weighted by molar-refractivity contribution is -0.139. The molecule has 1 atom stereocenters. The number of esters is 1. The van der Waals surface area contributed by atoms with E-state index in [9.17, 15) is 14.0 Å². The van der Waals surface area contributed by atoms with Crippen molar-refractivity contribution < 1.29 is 18.7 Å². The first kappa shape index (κ1) is 16.5. The van der Waals surface area contributed by atoms with E-state index in [0.29, 0.717) is 6.61 Å². The van der Waals surface area contributed by atoms with Crippen molar-refractivity contribution in [2.24, 2.45) is 0 Å². The van der Waals surface area contributed by atoms with Gasteiger partial charge in [-0.05, 0) is 31.5 Å². The minimum atomic E-state index is -0.322. The lowest BCUT2D eigenvalue weighted by Gasteiger charge is -2.14. The fourth-order valence-electron chi connectivity index (χ4n) is 1.55. The number of thioether (sulfide) groups is 1. The Morgan fingerprint density at radius 1 is 1.30 bits per heavy atom. The largest absolute Gasteiger partial charge is 0.465 e. The summed E-state index contributed by atoms with van der Waals surface area (Å²) in [6, 6.07) is 5.77. The van der Waals surface area contributed by atoms with Gasteiger partial charge in [-0.1, -0.05) is 12.1 Å². The van der Waals surface area contributed by atoms with Crippen LogP contribution in [-0.2, 0) is 14.3 Å². The molecule has 1 aromatic carbocycles. The van der Waals surface area contributed by atoms with Gasteiger partial charge in [0, 0.05) is 0 Å². The van der Waals surface area contributed by atoms with Crippen LogP contribution in [0, 0.1) is 5.82 Å². The zero-order valence-electron chi connectivity index (χ0n) is 11.5. The maximum Gasteiger partial charge on any atom is 0.315 e. The van der Waals surface area contributed by atoms with E-state index in [2.05, 4.69) is 5.32 Å². The molecular weight excluding hydrogens is 281 g/mol. The highest BCUT2D eigenvalue weighted by Gasteiger charge is 2.10. The van der Waals surface area contributed by atoms with E-state index in [-0.39, 0.29) is 35.2 Å². The predicted molar refractivity (Wildman–Crippen MR) is 76.9 cm³/mol. The van der Waals surface area contributed by atoms with Crippen molar-refractivity contribution in [1.82, 2.24) is 5.32 Å². The number of ether oxygens (including phenoxy) is 1. The van der Waals surface area contributed by atoms with Crippen molar-refractivity contribution in [3.63, 3.8) is 0 Å². The number of carbonyl (C=O) groups excluding carboxylic acids is 2. The van der Waals surface area contributed by atoms with Crippen LogP contribution in [0.2, 0.25) is 0 Å². The second-order valence-electron chi connectivity index (χ2n) is 4.14. The third-order valence-corrected chi connectivity index (χ3v) is 3.41. The Kier molecular flexibility index (Phi) is 7.08. The molecule has 0 bridgehead atoms. The summed E-state index contributed by atoms with van der Waals surface area (Å²) in [4.78, 5) is 22.8. The van der Waals surface area contributed by atoms with E-state index in [1.807, 2.05) is 6.92 Å². The Bertz CT molecular complexity index is 450. The molecule has 110 valence electrons.